The third kappa shape index (κ3) is 4.35. The molecular formula is C18H21NO2. The first-order valence-corrected chi connectivity index (χ1v) is 7.19. The van der Waals surface area contributed by atoms with Crippen LogP contribution in [0.3, 0.4) is 0 Å². The van der Waals surface area contributed by atoms with E-state index < -0.39 is 6.10 Å². The van der Waals surface area contributed by atoms with Crippen molar-refractivity contribution in [2.45, 2.75) is 32.8 Å². The third-order valence-electron chi connectivity index (χ3n) is 3.27. The molecule has 0 bridgehead atoms. The molecule has 0 spiro atoms. The van der Waals surface area contributed by atoms with Crippen molar-refractivity contribution in [3.8, 4) is 5.75 Å². The first kappa shape index (κ1) is 15.1. The van der Waals surface area contributed by atoms with Gasteiger partial charge >= 0.3 is 0 Å². The Bertz CT molecular complexity index is 576. The maximum atomic E-state index is 12.1. The lowest BCUT2D eigenvalue weighted by molar-refractivity contribution is -0.122. The Hall–Kier alpha value is -2.29. The molecule has 0 aromatic heterocycles. The Morgan fingerprint density at radius 1 is 0.952 bits per heavy atom. The molecule has 0 heterocycles. The number of benzene rings is 2. The van der Waals surface area contributed by atoms with Crippen molar-refractivity contribution >= 4 is 11.6 Å². The molecule has 3 nitrogen and oxygen atoms in total. The molecule has 3 heteroatoms. The van der Waals surface area contributed by atoms with Crippen LogP contribution in [0.4, 0.5) is 5.69 Å². The maximum absolute atomic E-state index is 12.1. The number of para-hydroxylation sites is 1. The van der Waals surface area contributed by atoms with Crippen LogP contribution < -0.4 is 10.1 Å². The van der Waals surface area contributed by atoms with Gasteiger partial charge in [0.2, 0.25) is 0 Å². The van der Waals surface area contributed by atoms with Crippen molar-refractivity contribution in [1.82, 2.24) is 0 Å². The number of carbonyl (C=O) groups excluding carboxylic acids is 1. The number of hydrogen-bond acceptors (Lipinski definition) is 2. The summed E-state index contributed by atoms with van der Waals surface area (Å²) in [6.07, 6.45) is -0.544. The lowest BCUT2D eigenvalue weighted by Crippen LogP contribution is -2.30. The molecule has 0 fully saturated rings. The van der Waals surface area contributed by atoms with Crippen LogP contribution in [-0.4, -0.2) is 12.0 Å². The monoisotopic (exact) mass is 283 g/mol. The molecule has 0 radical (unpaired) electrons. The van der Waals surface area contributed by atoms with Gasteiger partial charge in [-0.1, -0.05) is 44.2 Å². The van der Waals surface area contributed by atoms with Crippen molar-refractivity contribution in [3.05, 3.63) is 60.2 Å². The molecule has 2 aromatic carbocycles. The van der Waals surface area contributed by atoms with Gasteiger partial charge in [-0.2, -0.15) is 0 Å². The topological polar surface area (TPSA) is 38.3 Å². The second-order valence-electron chi connectivity index (χ2n) is 5.34. The largest absolute Gasteiger partial charge is 0.481 e. The number of amides is 1. The average Bonchev–Trinajstić information content (AvgIpc) is 2.48. The van der Waals surface area contributed by atoms with E-state index in [1.807, 2.05) is 54.6 Å². The highest BCUT2D eigenvalue weighted by Gasteiger charge is 2.14. The Labute approximate surface area is 126 Å². The normalized spacial score (nSPS) is 12.0. The van der Waals surface area contributed by atoms with Gasteiger partial charge in [-0.25, -0.2) is 0 Å². The average molecular weight is 283 g/mol. The summed E-state index contributed by atoms with van der Waals surface area (Å²) in [7, 11) is 0. The van der Waals surface area contributed by atoms with E-state index in [4.69, 9.17) is 4.74 Å². The zero-order valence-electron chi connectivity index (χ0n) is 12.7. The first-order chi connectivity index (χ1) is 10.1. The van der Waals surface area contributed by atoms with Gasteiger partial charge in [0.05, 0.1) is 0 Å². The number of anilines is 1. The standard InChI is InChI=1S/C18H21NO2/c1-13(2)15-9-11-16(12-10-15)19-18(20)14(3)21-17-7-5-4-6-8-17/h4-14H,1-3H3,(H,19,20). The molecule has 0 saturated heterocycles. The van der Waals surface area contributed by atoms with Gasteiger partial charge < -0.3 is 10.1 Å². The predicted molar refractivity (Wildman–Crippen MR) is 85.7 cm³/mol. The van der Waals surface area contributed by atoms with Crippen LogP contribution in [0.15, 0.2) is 54.6 Å². The Morgan fingerprint density at radius 2 is 1.57 bits per heavy atom. The van der Waals surface area contributed by atoms with Crippen molar-refractivity contribution in [2.24, 2.45) is 0 Å². The number of rotatable bonds is 5. The van der Waals surface area contributed by atoms with Crippen molar-refractivity contribution < 1.29 is 9.53 Å². The number of carbonyl (C=O) groups is 1. The summed E-state index contributed by atoms with van der Waals surface area (Å²) in [4.78, 5) is 12.1. The molecule has 0 aliphatic rings. The van der Waals surface area contributed by atoms with E-state index in [9.17, 15) is 4.79 Å². The third-order valence-corrected chi connectivity index (χ3v) is 3.27. The lowest BCUT2D eigenvalue weighted by Gasteiger charge is -2.15. The van der Waals surface area contributed by atoms with Gasteiger partial charge in [0, 0.05) is 5.69 Å². The molecule has 110 valence electrons. The number of nitrogens with one attached hydrogen (secondary N) is 1. The van der Waals surface area contributed by atoms with Crippen LogP contribution in [0.2, 0.25) is 0 Å². The van der Waals surface area contributed by atoms with Gasteiger partial charge in [0.25, 0.3) is 5.91 Å². The fourth-order valence-corrected chi connectivity index (χ4v) is 1.95. The number of ether oxygens (including phenoxy) is 1. The minimum absolute atomic E-state index is 0.156. The van der Waals surface area contributed by atoms with Crippen molar-refractivity contribution in [3.63, 3.8) is 0 Å². The van der Waals surface area contributed by atoms with Gasteiger partial charge in [0.15, 0.2) is 6.10 Å². The highest BCUT2D eigenvalue weighted by atomic mass is 16.5. The molecule has 21 heavy (non-hydrogen) atoms. The van der Waals surface area contributed by atoms with E-state index in [2.05, 4.69) is 19.2 Å². The molecule has 1 unspecified atom stereocenters. The SMILES string of the molecule is CC(Oc1ccccc1)C(=O)Nc1ccc(C(C)C)cc1. The van der Waals surface area contributed by atoms with Crippen LogP contribution in [-0.2, 0) is 4.79 Å². The molecule has 2 rings (SSSR count). The smallest absolute Gasteiger partial charge is 0.265 e. The van der Waals surface area contributed by atoms with Crippen LogP contribution >= 0.6 is 0 Å². The van der Waals surface area contributed by atoms with E-state index >= 15 is 0 Å². The predicted octanol–water partition coefficient (Wildman–Crippen LogP) is 4.22. The maximum Gasteiger partial charge on any atom is 0.265 e. The van der Waals surface area contributed by atoms with Gasteiger partial charge in [0.1, 0.15) is 5.75 Å². The van der Waals surface area contributed by atoms with Crippen LogP contribution in [0.25, 0.3) is 0 Å². The first-order valence-electron chi connectivity index (χ1n) is 7.19. The Balaban J connectivity index is 1.94. The summed E-state index contributed by atoms with van der Waals surface area (Å²) >= 11 is 0. The number of hydrogen-bond donors (Lipinski definition) is 1. The molecule has 0 aliphatic carbocycles. The highest BCUT2D eigenvalue weighted by molar-refractivity contribution is 5.94. The second-order valence-corrected chi connectivity index (χ2v) is 5.34. The fraction of sp³-hybridized carbons (Fsp3) is 0.278. The van der Waals surface area contributed by atoms with Gasteiger partial charge in [-0.15, -0.1) is 0 Å². The summed E-state index contributed by atoms with van der Waals surface area (Å²) in [5.74, 6) is 1.02. The van der Waals surface area contributed by atoms with Crippen molar-refractivity contribution in [2.75, 3.05) is 5.32 Å². The zero-order valence-corrected chi connectivity index (χ0v) is 12.7. The summed E-state index contributed by atoms with van der Waals surface area (Å²) < 4.78 is 5.60. The van der Waals surface area contributed by atoms with Gasteiger partial charge in [-0.3, -0.25) is 4.79 Å². The van der Waals surface area contributed by atoms with Crippen LogP contribution in [0.5, 0.6) is 5.75 Å². The van der Waals surface area contributed by atoms with E-state index in [0.717, 1.165) is 5.69 Å². The minimum atomic E-state index is -0.544. The quantitative estimate of drug-likeness (QED) is 0.892. The lowest BCUT2D eigenvalue weighted by atomic mass is 10.0. The highest BCUT2D eigenvalue weighted by Crippen LogP contribution is 2.18. The summed E-state index contributed by atoms with van der Waals surface area (Å²) in [5.41, 5.74) is 2.04. The Morgan fingerprint density at radius 3 is 2.14 bits per heavy atom. The molecule has 2 aromatic rings. The molecule has 0 saturated carbocycles. The van der Waals surface area contributed by atoms with E-state index in [-0.39, 0.29) is 5.91 Å². The molecular weight excluding hydrogens is 262 g/mol. The molecule has 1 atom stereocenters. The van der Waals surface area contributed by atoms with Gasteiger partial charge in [-0.05, 0) is 42.7 Å². The molecule has 1 N–H and O–H groups in total. The van der Waals surface area contributed by atoms with E-state index in [1.54, 1.807) is 6.92 Å². The molecule has 1 amide bonds. The zero-order chi connectivity index (χ0) is 15.2. The van der Waals surface area contributed by atoms with E-state index in [0.29, 0.717) is 11.7 Å². The minimum Gasteiger partial charge on any atom is -0.481 e. The van der Waals surface area contributed by atoms with Crippen molar-refractivity contribution in [1.29, 1.82) is 0 Å². The summed E-state index contributed by atoms with van der Waals surface area (Å²) in [6.45, 7) is 6.03. The van der Waals surface area contributed by atoms with Crippen LogP contribution in [0, 0.1) is 0 Å². The summed E-state index contributed by atoms with van der Waals surface area (Å²) in [6, 6.07) is 17.2. The Kier molecular flexibility index (Phi) is 4.99. The molecule has 0 aliphatic heterocycles. The van der Waals surface area contributed by atoms with E-state index in [1.165, 1.54) is 5.56 Å². The van der Waals surface area contributed by atoms with Crippen LogP contribution in [0.1, 0.15) is 32.3 Å². The fourth-order valence-electron chi connectivity index (χ4n) is 1.95. The summed E-state index contributed by atoms with van der Waals surface area (Å²) in [5, 5.41) is 2.86. The second kappa shape index (κ2) is 6.93.